The average molecular weight is 247 g/mol. The van der Waals surface area contributed by atoms with Crippen LogP contribution in [0.3, 0.4) is 0 Å². The minimum Gasteiger partial charge on any atom is -0.273 e. The van der Waals surface area contributed by atoms with Crippen molar-refractivity contribution in [2.24, 2.45) is 0 Å². The predicted molar refractivity (Wildman–Crippen MR) is 49.3 cm³/mol. The summed E-state index contributed by atoms with van der Waals surface area (Å²) < 4.78 is 58.7. The molecule has 0 unspecified atom stereocenters. The first-order chi connectivity index (χ1) is 6.19. The molecule has 0 aliphatic carbocycles. The third-order valence-electron chi connectivity index (χ3n) is 1.46. The summed E-state index contributed by atoms with van der Waals surface area (Å²) in [6.07, 6.45) is 1.60. The number of rotatable bonds is 6. The molecule has 0 aromatic rings. The van der Waals surface area contributed by atoms with Crippen LogP contribution in [0.1, 0.15) is 26.2 Å². The molecule has 0 aliphatic rings. The average Bonchev–Trinajstić information content (AvgIpc) is 1.92. The summed E-state index contributed by atoms with van der Waals surface area (Å²) in [6.45, 7) is 1.39. The lowest BCUT2D eigenvalue weighted by molar-refractivity contribution is 0.378. The minimum atomic E-state index is -4.91. The summed E-state index contributed by atoms with van der Waals surface area (Å²) in [5.41, 5.74) is 0. The highest BCUT2D eigenvalue weighted by Gasteiger charge is 2.30. The van der Waals surface area contributed by atoms with Crippen LogP contribution in [0.15, 0.2) is 0 Å². The van der Waals surface area contributed by atoms with Gasteiger partial charge in [-0.2, -0.15) is 16.8 Å². The van der Waals surface area contributed by atoms with Crippen molar-refractivity contribution in [2.45, 2.75) is 26.2 Å². The van der Waals surface area contributed by atoms with Crippen molar-refractivity contribution in [1.29, 1.82) is 0 Å². The van der Waals surface area contributed by atoms with Crippen molar-refractivity contribution in [2.75, 3.05) is 6.54 Å². The predicted octanol–water partition coefficient (Wildman–Crippen LogP) is 0.0842. The maximum Gasteiger partial charge on any atom is 0.351 e. The zero-order chi connectivity index (χ0) is 11.4. The maximum absolute atomic E-state index is 10.5. The van der Waals surface area contributed by atoms with Gasteiger partial charge in [0.25, 0.3) is 0 Å². The Balaban J connectivity index is 4.62. The first kappa shape index (κ1) is 13.8. The Labute approximate surface area is 83.5 Å². The molecule has 2 N–H and O–H groups in total. The molecule has 9 heteroatoms. The Bertz CT molecular complexity index is 326. The normalized spacial score (nSPS) is 13.4. The SMILES string of the molecule is CCCCCN(S(=O)(=O)O)S(=O)(=O)O. The molecule has 0 fully saturated rings. The van der Waals surface area contributed by atoms with Gasteiger partial charge in [-0.05, 0) is 10.1 Å². The van der Waals surface area contributed by atoms with E-state index in [1.54, 1.807) is 0 Å². The highest BCUT2D eigenvalue weighted by molar-refractivity contribution is 7.98. The van der Waals surface area contributed by atoms with Gasteiger partial charge in [-0.15, -0.1) is 0 Å². The van der Waals surface area contributed by atoms with E-state index < -0.39 is 27.2 Å². The largest absolute Gasteiger partial charge is 0.351 e. The van der Waals surface area contributed by atoms with E-state index in [4.69, 9.17) is 9.11 Å². The fourth-order valence-electron chi connectivity index (χ4n) is 0.841. The van der Waals surface area contributed by atoms with Gasteiger partial charge in [-0.25, -0.2) is 0 Å². The number of unbranched alkanes of at least 4 members (excludes halogenated alkanes) is 2. The van der Waals surface area contributed by atoms with Crippen molar-refractivity contribution < 1.29 is 25.9 Å². The third-order valence-corrected chi connectivity index (χ3v) is 3.98. The zero-order valence-corrected chi connectivity index (χ0v) is 9.25. The van der Waals surface area contributed by atoms with E-state index >= 15 is 0 Å². The molecule has 0 aliphatic heterocycles. The van der Waals surface area contributed by atoms with Gasteiger partial charge >= 0.3 is 20.6 Å². The monoisotopic (exact) mass is 247 g/mol. The Morgan fingerprint density at radius 3 is 1.71 bits per heavy atom. The van der Waals surface area contributed by atoms with E-state index in [1.165, 1.54) is 0 Å². The van der Waals surface area contributed by atoms with E-state index in [0.717, 1.165) is 6.42 Å². The second kappa shape index (κ2) is 5.03. The Morgan fingerprint density at radius 2 is 1.43 bits per heavy atom. The van der Waals surface area contributed by atoms with Gasteiger partial charge in [-0.3, -0.25) is 9.11 Å². The highest BCUT2D eigenvalue weighted by Crippen LogP contribution is 2.07. The zero-order valence-electron chi connectivity index (χ0n) is 7.62. The second-order valence-electron chi connectivity index (χ2n) is 2.66. The van der Waals surface area contributed by atoms with Crippen LogP contribution < -0.4 is 0 Å². The molecule has 7 nitrogen and oxygen atoms in total. The molecule has 0 aromatic heterocycles. The van der Waals surface area contributed by atoms with E-state index in [2.05, 4.69) is 0 Å². The van der Waals surface area contributed by atoms with Gasteiger partial charge in [0.2, 0.25) is 0 Å². The van der Waals surface area contributed by atoms with Crippen molar-refractivity contribution >= 4 is 20.6 Å². The van der Waals surface area contributed by atoms with Crippen LogP contribution in [0.5, 0.6) is 0 Å². The van der Waals surface area contributed by atoms with Crippen LogP contribution in [0.4, 0.5) is 0 Å². The van der Waals surface area contributed by atoms with E-state index in [1.807, 2.05) is 6.92 Å². The number of nitrogens with zero attached hydrogens (tertiary/aromatic N) is 1. The smallest absolute Gasteiger partial charge is 0.273 e. The molecular formula is C5H13NO6S2. The van der Waals surface area contributed by atoms with Crippen LogP contribution >= 0.6 is 0 Å². The molecule has 0 amide bonds. The summed E-state index contributed by atoms with van der Waals surface area (Å²) in [5, 5.41) is 0. The highest BCUT2D eigenvalue weighted by atomic mass is 32.3. The molecule has 0 heterocycles. The molecular weight excluding hydrogens is 234 g/mol. The maximum atomic E-state index is 10.5. The third kappa shape index (κ3) is 4.86. The molecule has 0 radical (unpaired) electrons. The molecule has 86 valence electrons. The van der Waals surface area contributed by atoms with Crippen molar-refractivity contribution in [1.82, 2.24) is 3.71 Å². The van der Waals surface area contributed by atoms with Crippen molar-refractivity contribution in [3.63, 3.8) is 0 Å². The Kier molecular flexibility index (Phi) is 4.95. The molecule has 0 saturated heterocycles. The number of hydrogen-bond acceptors (Lipinski definition) is 4. The molecule has 0 saturated carbocycles. The molecule has 0 atom stereocenters. The lowest BCUT2D eigenvalue weighted by Crippen LogP contribution is -2.36. The molecule has 0 bridgehead atoms. The van der Waals surface area contributed by atoms with Crippen molar-refractivity contribution in [3.8, 4) is 0 Å². The second-order valence-corrected chi connectivity index (χ2v) is 5.56. The van der Waals surface area contributed by atoms with Crippen LogP contribution in [0.25, 0.3) is 0 Å². The fraction of sp³-hybridized carbons (Fsp3) is 1.00. The summed E-state index contributed by atoms with van der Waals surface area (Å²) in [6, 6.07) is 0. The van der Waals surface area contributed by atoms with E-state index in [-0.39, 0.29) is 10.1 Å². The van der Waals surface area contributed by atoms with Gasteiger partial charge in [0.05, 0.1) is 0 Å². The Hall–Kier alpha value is -0.220. The van der Waals surface area contributed by atoms with Gasteiger partial charge in [-0.1, -0.05) is 19.8 Å². The summed E-state index contributed by atoms with van der Waals surface area (Å²) in [7, 11) is -9.82. The van der Waals surface area contributed by atoms with Gasteiger partial charge < -0.3 is 0 Å². The topological polar surface area (TPSA) is 112 Å². The lowest BCUT2D eigenvalue weighted by atomic mass is 10.3. The van der Waals surface area contributed by atoms with Crippen LogP contribution in [-0.2, 0) is 20.6 Å². The minimum absolute atomic E-state index is 0.246. The van der Waals surface area contributed by atoms with Crippen LogP contribution in [0, 0.1) is 0 Å². The first-order valence-corrected chi connectivity index (χ1v) is 6.71. The quantitative estimate of drug-likeness (QED) is 0.508. The van der Waals surface area contributed by atoms with Gasteiger partial charge in [0.15, 0.2) is 0 Å². The van der Waals surface area contributed by atoms with Gasteiger partial charge in [0, 0.05) is 6.54 Å². The van der Waals surface area contributed by atoms with Crippen LogP contribution in [-0.4, -0.2) is 36.2 Å². The summed E-state index contributed by atoms with van der Waals surface area (Å²) in [4.78, 5) is 0. The molecule has 0 aromatic carbocycles. The molecule has 0 spiro atoms. The molecule has 14 heavy (non-hydrogen) atoms. The van der Waals surface area contributed by atoms with E-state index in [9.17, 15) is 16.8 Å². The van der Waals surface area contributed by atoms with Gasteiger partial charge in [0.1, 0.15) is 0 Å². The first-order valence-electron chi connectivity index (χ1n) is 3.92. The molecule has 0 rings (SSSR count). The number of hydrogen-bond donors (Lipinski definition) is 2. The fourth-order valence-corrected chi connectivity index (χ4v) is 2.51. The van der Waals surface area contributed by atoms with Crippen LogP contribution in [0.2, 0.25) is 0 Å². The van der Waals surface area contributed by atoms with E-state index in [0.29, 0.717) is 6.42 Å². The lowest BCUT2D eigenvalue weighted by Gasteiger charge is -2.13. The van der Waals surface area contributed by atoms with Crippen molar-refractivity contribution in [3.05, 3.63) is 0 Å². The summed E-state index contributed by atoms with van der Waals surface area (Å²) in [5.74, 6) is 0. The standard InChI is InChI=1S/C5H13NO6S2/c1-2-3-4-5-6(13(7,8)9)14(10,11)12/h2-5H2,1H3,(H,7,8,9)(H,10,11,12). The Morgan fingerprint density at radius 1 is 1.00 bits per heavy atom. The summed E-state index contributed by atoms with van der Waals surface area (Å²) >= 11 is 0.